The molecule has 8 heteroatoms. The average Bonchev–Trinajstić information content (AvgIpc) is 2.75. The molecule has 0 aliphatic heterocycles. The average molecular weight is 503 g/mol. The number of carboxylic acids is 1. The topological polar surface area (TPSA) is 95.5 Å². The number of rotatable bonds is 7. The third kappa shape index (κ3) is 6.45. The molecular weight excluding hydrogens is 480 g/mol. The minimum Gasteiger partial charge on any atom is -0.481 e. The summed E-state index contributed by atoms with van der Waals surface area (Å²) in [6.45, 7) is 1.82. The van der Waals surface area contributed by atoms with E-state index in [-0.39, 0.29) is 17.1 Å². The summed E-state index contributed by atoms with van der Waals surface area (Å²) in [5.41, 5.74) is 1.30. The number of carbonyl (C=O) groups excluding carboxylic acids is 2. The molecule has 0 bridgehead atoms. The van der Waals surface area contributed by atoms with Crippen molar-refractivity contribution in [2.75, 3.05) is 10.6 Å². The van der Waals surface area contributed by atoms with Crippen LogP contribution in [0.4, 0.5) is 11.4 Å². The molecule has 1 aliphatic rings. The molecule has 0 spiro atoms. The van der Waals surface area contributed by atoms with Gasteiger partial charge in [0.25, 0.3) is 0 Å². The molecule has 0 saturated heterocycles. The van der Waals surface area contributed by atoms with E-state index < -0.39 is 17.8 Å². The highest BCUT2D eigenvalue weighted by Gasteiger charge is 2.34. The van der Waals surface area contributed by atoms with E-state index in [0.29, 0.717) is 18.5 Å². The number of benzene rings is 2. The fraction of sp³-hybridized carbons (Fsp3) is 0.261. The van der Waals surface area contributed by atoms with Gasteiger partial charge in [-0.05, 0) is 62.2 Å². The Morgan fingerprint density at radius 1 is 1.00 bits per heavy atom. The molecule has 0 heterocycles. The Labute approximate surface area is 193 Å². The maximum atomic E-state index is 12.7. The largest absolute Gasteiger partial charge is 0.481 e. The summed E-state index contributed by atoms with van der Waals surface area (Å²) in [7, 11) is 0. The standard InChI is InChI=1S/C23H23BrN2O4S/c1-14(21(27)25-16-11-9-15(24)10-12-16)31-18-6-4-5-17(13-18)26-22(28)19-7-2-3-8-20(19)23(29)30/h2-6,9-14,19-20H,7-8H2,1H3,(H,25,27)(H,26,28)(H,29,30). The van der Waals surface area contributed by atoms with E-state index in [1.807, 2.05) is 43.3 Å². The summed E-state index contributed by atoms with van der Waals surface area (Å²) in [5.74, 6) is -2.71. The van der Waals surface area contributed by atoms with E-state index >= 15 is 0 Å². The van der Waals surface area contributed by atoms with Crippen molar-refractivity contribution in [3.8, 4) is 0 Å². The SMILES string of the molecule is CC(Sc1cccc(NC(=O)C2CC=CCC2C(=O)O)c1)C(=O)Nc1ccc(Br)cc1. The third-order valence-electron chi connectivity index (χ3n) is 4.98. The van der Waals surface area contributed by atoms with E-state index in [1.165, 1.54) is 11.8 Å². The lowest BCUT2D eigenvalue weighted by Gasteiger charge is -2.24. The smallest absolute Gasteiger partial charge is 0.307 e. The number of amides is 2. The zero-order valence-corrected chi connectivity index (χ0v) is 19.3. The van der Waals surface area contributed by atoms with Crippen molar-refractivity contribution in [3.05, 3.63) is 65.2 Å². The number of halogens is 1. The predicted molar refractivity (Wildman–Crippen MR) is 126 cm³/mol. The monoisotopic (exact) mass is 502 g/mol. The second-order valence-electron chi connectivity index (χ2n) is 7.27. The zero-order valence-electron chi connectivity index (χ0n) is 16.9. The Balaban J connectivity index is 1.61. The fourth-order valence-corrected chi connectivity index (χ4v) is 4.48. The first kappa shape index (κ1) is 23.1. The van der Waals surface area contributed by atoms with Gasteiger partial charge < -0.3 is 15.7 Å². The summed E-state index contributed by atoms with van der Waals surface area (Å²) in [6.07, 6.45) is 4.42. The van der Waals surface area contributed by atoms with Gasteiger partial charge in [-0.1, -0.05) is 34.1 Å². The Bertz CT molecular complexity index is 993. The molecule has 3 unspecified atom stereocenters. The summed E-state index contributed by atoms with van der Waals surface area (Å²) in [5, 5.41) is 14.7. The minimum absolute atomic E-state index is 0.125. The third-order valence-corrected chi connectivity index (χ3v) is 6.60. The van der Waals surface area contributed by atoms with Crippen molar-refractivity contribution in [2.24, 2.45) is 11.8 Å². The Morgan fingerprint density at radius 2 is 1.68 bits per heavy atom. The molecule has 2 aromatic carbocycles. The Kier molecular flexibility index (Phi) is 7.92. The summed E-state index contributed by atoms with van der Waals surface area (Å²) in [4.78, 5) is 37.4. The van der Waals surface area contributed by atoms with E-state index in [4.69, 9.17) is 0 Å². The molecule has 2 aromatic rings. The number of allylic oxidation sites excluding steroid dienone is 2. The van der Waals surface area contributed by atoms with Crippen LogP contribution in [0.25, 0.3) is 0 Å². The van der Waals surface area contributed by atoms with E-state index in [0.717, 1.165) is 15.1 Å². The second kappa shape index (κ2) is 10.6. The maximum absolute atomic E-state index is 12.7. The molecule has 0 fully saturated rings. The molecule has 1 aliphatic carbocycles. The summed E-state index contributed by atoms with van der Waals surface area (Å²) in [6, 6.07) is 14.6. The Morgan fingerprint density at radius 3 is 2.35 bits per heavy atom. The van der Waals surface area contributed by atoms with Crippen LogP contribution in [0.2, 0.25) is 0 Å². The zero-order chi connectivity index (χ0) is 22.4. The van der Waals surface area contributed by atoms with Gasteiger partial charge in [0.1, 0.15) is 0 Å². The lowest BCUT2D eigenvalue weighted by atomic mass is 9.82. The van der Waals surface area contributed by atoms with Gasteiger partial charge in [-0.25, -0.2) is 0 Å². The molecule has 0 radical (unpaired) electrons. The first-order valence-corrected chi connectivity index (χ1v) is 11.5. The van der Waals surface area contributed by atoms with Gasteiger partial charge >= 0.3 is 5.97 Å². The maximum Gasteiger partial charge on any atom is 0.307 e. The summed E-state index contributed by atoms with van der Waals surface area (Å²) < 4.78 is 0.936. The highest BCUT2D eigenvalue weighted by Crippen LogP contribution is 2.29. The Hall–Kier alpha value is -2.58. The quantitative estimate of drug-likeness (QED) is 0.358. The highest BCUT2D eigenvalue weighted by molar-refractivity contribution is 9.10. The molecule has 2 amide bonds. The predicted octanol–water partition coefficient (Wildman–Crippen LogP) is 5.17. The van der Waals surface area contributed by atoms with Crippen molar-refractivity contribution in [1.29, 1.82) is 0 Å². The number of aliphatic carboxylic acids is 1. The van der Waals surface area contributed by atoms with Gasteiger partial charge in [0.15, 0.2) is 0 Å². The number of hydrogen-bond donors (Lipinski definition) is 3. The number of thioether (sulfide) groups is 1. The minimum atomic E-state index is -0.959. The number of nitrogens with one attached hydrogen (secondary N) is 2. The number of carboxylic acid groups (broad SMARTS) is 1. The first-order valence-electron chi connectivity index (χ1n) is 9.85. The van der Waals surface area contributed by atoms with E-state index in [9.17, 15) is 19.5 Å². The number of hydrogen-bond acceptors (Lipinski definition) is 4. The fourth-order valence-electron chi connectivity index (χ4n) is 3.29. The molecule has 0 aromatic heterocycles. The van der Waals surface area contributed by atoms with E-state index in [2.05, 4.69) is 26.6 Å². The van der Waals surface area contributed by atoms with Crippen molar-refractivity contribution in [3.63, 3.8) is 0 Å². The van der Waals surface area contributed by atoms with Gasteiger partial charge in [0, 0.05) is 20.7 Å². The highest BCUT2D eigenvalue weighted by atomic mass is 79.9. The van der Waals surface area contributed by atoms with E-state index in [1.54, 1.807) is 24.3 Å². The van der Waals surface area contributed by atoms with Gasteiger partial charge in [0.05, 0.1) is 17.1 Å². The lowest BCUT2D eigenvalue weighted by Crippen LogP contribution is -2.34. The molecule has 162 valence electrons. The molecule has 3 atom stereocenters. The second-order valence-corrected chi connectivity index (χ2v) is 9.60. The molecule has 6 nitrogen and oxygen atoms in total. The normalized spacial score (nSPS) is 18.8. The molecular formula is C23H23BrN2O4S. The molecule has 3 N–H and O–H groups in total. The van der Waals surface area contributed by atoms with Crippen LogP contribution in [-0.2, 0) is 14.4 Å². The van der Waals surface area contributed by atoms with Crippen LogP contribution in [0.15, 0.2) is 70.1 Å². The van der Waals surface area contributed by atoms with Crippen molar-refractivity contribution in [1.82, 2.24) is 0 Å². The van der Waals surface area contributed by atoms with Crippen molar-refractivity contribution >= 4 is 56.9 Å². The van der Waals surface area contributed by atoms with Gasteiger partial charge in [-0.3, -0.25) is 14.4 Å². The van der Waals surface area contributed by atoms with Crippen LogP contribution in [0, 0.1) is 11.8 Å². The molecule has 3 rings (SSSR count). The van der Waals surface area contributed by atoms with Crippen molar-refractivity contribution < 1.29 is 19.5 Å². The molecule has 0 saturated carbocycles. The van der Waals surface area contributed by atoms with Crippen LogP contribution in [0.1, 0.15) is 19.8 Å². The van der Waals surface area contributed by atoms with Crippen LogP contribution in [0.3, 0.4) is 0 Å². The van der Waals surface area contributed by atoms with Crippen LogP contribution < -0.4 is 10.6 Å². The van der Waals surface area contributed by atoms with Crippen molar-refractivity contribution in [2.45, 2.75) is 29.9 Å². The van der Waals surface area contributed by atoms with Crippen LogP contribution >= 0.6 is 27.7 Å². The van der Waals surface area contributed by atoms with Gasteiger partial charge in [-0.15, -0.1) is 11.8 Å². The van der Waals surface area contributed by atoms with Gasteiger partial charge in [-0.2, -0.15) is 0 Å². The molecule has 31 heavy (non-hydrogen) atoms. The van der Waals surface area contributed by atoms with Crippen LogP contribution in [0.5, 0.6) is 0 Å². The number of carbonyl (C=O) groups is 3. The lowest BCUT2D eigenvalue weighted by molar-refractivity contribution is -0.146. The number of anilines is 2. The van der Waals surface area contributed by atoms with Crippen LogP contribution in [-0.4, -0.2) is 28.1 Å². The summed E-state index contributed by atoms with van der Waals surface area (Å²) >= 11 is 4.74. The van der Waals surface area contributed by atoms with Gasteiger partial charge in [0.2, 0.25) is 11.8 Å². The first-order chi connectivity index (χ1) is 14.8.